The number of sulfonamides is 1. The van der Waals surface area contributed by atoms with Gasteiger partial charge in [0.2, 0.25) is 5.91 Å². The van der Waals surface area contributed by atoms with E-state index in [1.807, 2.05) is 0 Å². The van der Waals surface area contributed by atoms with Crippen LogP contribution >= 0.6 is 11.6 Å². The maximum absolute atomic E-state index is 13.7. The highest BCUT2D eigenvalue weighted by Gasteiger charge is 2.28. The summed E-state index contributed by atoms with van der Waals surface area (Å²) in [4.78, 5) is 12.9. The summed E-state index contributed by atoms with van der Waals surface area (Å²) in [7, 11) is 0.210. The summed E-state index contributed by atoms with van der Waals surface area (Å²) in [6.07, 6.45) is 0. The van der Waals surface area contributed by atoms with Crippen LogP contribution in [0.4, 0.5) is 11.4 Å². The Balaban J connectivity index is 2.01. The minimum atomic E-state index is -4.17. The molecule has 0 unspecified atom stereocenters. The lowest BCUT2D eigenvalue weighted by atomic mass is 10.2. The topological polar surface area (TPSA) is 94.2 Å². The summed E-state index contributed by atoms with van der Waals surface area (Å²) >= 11 is 6.14. The van der Waals surface area contributed by atoms with E-state index >= 15 is 0 Å². The highest BCUT2D eigenvalue weighted by atomic mass is 35.5. The van der Waals surface area contributed by atoms with E-state index < -0.39 is 22.5 Å². The summed E-state index contributed by atoms with van der Waals surface area (Å²) < 4.78 is 44.0. The van der Waals surface area contributed by atoms with Crippen LogP contribution in [0, 0.1) is 6.92 Å². The van der Waals surface area contributed by atoms with Gasteiger partial charge in [0.1, 0.15) is 12.3 Å². The first-order valence-electron chi connectivity index (χ1n) is 10.1. The van der Waals surface area contributed by atoms with Crippen molar-refractivity contribution in [2.24, 2.45) is 0 Å². The summed E-state index contributed by atoms with van der Waals surface area (Å²) in [6, 6.07) is 15.7. The Labute approximate surface area is 204 Å². The fourth-order valence-corrected chi connectivity index (χ4v) is 4.84. The number of benzene rings is 3. The van der Waals surface area contributed by atoms with Gasteiger partial charge in [-0.25, -0.2) is 8.42 Å². The molecule has 1 amide bonds. The molecule has 0 aliphatic carbocycles. The van der Waals surface area contributed by atoms with E-state index in [1.165, 1.54) is 39.5 Å². The summed E-state index contributed by atoms with van der Waals surface area (Å²) in [6.45, 7) is 1.29. The molecule has 0 fully saturated rings. The van der Waals surface area contributed by atoms with Gasteiger partial charge in [-0.2, -0.15) is 0 Å². The average molecular weight is 505 g/mol. The summed E-state index contributed by atoms with van der Waals surface area (Å²) in [5.74, 6) is 0.639. The number of ether oxygens (including phenoxy) is 3. The third-order valence-corrected chi connectivity index (χ3v) is 7.31. The predicted molar refractivity (Wildman–Crippen MR) is 132 cm³/mol. The molecule has 0 aromatic heterocycles. The van der Waals surface area contributed by atoms with Gasteiger partial charge < -0.3 is 19.5 Å². The number of carbonyl (C=O) groups excluding carboxylic acids is 1. The molecule has 0 saturated carbocycles. The number of nitrogens with zero attached hydrogens (tertiary/aromatic N) is 1. The fourth-order valence-electron chi connectivity index (χ4n) is 3.23. The first kappa shape index (κ1) is 25.2. The lowest BCUT2D eigenvalue weighted by Crippen LogP contribution is -2.38. The van der Waals surface area contributed by atoms with Gasteiger partial charge in [-0.3, -0.25) is 9.10 Å². The number of rotatable bonds is 9. The molecule has 3 aromatic rings. The van der Waals surface area contributed by atoms with Crippen LogP contribution in [0.15, 0.2) is 65.6 Å². The minimum absolute atomic E-state index is 0.0623. The number of nitrogens with one attached hydrogen (secondary N) is 1. The van der Waals surface area contributed by atoms with Gasteiger partial charge >= 0.3 is 0 Å². The van der Waals surface area contributed by atoms with Gasteiger partial charge in [-0.05, 0) is 61.0 Å². The van der Waals surface area contributed by atoms with Crippen LogP contribution in [0.2, 0.25) is 5.02 Å². The second-order valence-corrected chi connectivity index (χ2v) is 9.46. The Morgan fingerprint density at radius 3 is 2.24 bits per heavy atom. The molecule has 3 aromatic carbocycles. The third kappa shape index (κ3) is 5.37. The Kier molecular flexibility index (Phi) is 7.90. The quantitative estimate of drug-likeness (QED) is 0.461. The molecule has 10 heteroatoms. The average Bonchev–Trinajstić information content (AvgIpc) is 2.84. The van der Waals surface area contributed by atoms with Crippen LogP contribution in [0.1, 0.15) is 5.56 Å². The van der Waals surface area contributed by atoms with Crippen LogP contribution in [-0.4, -0.2) is 42.2 Å². The van der Waals surface area contributed by atoms with E-state index in [4.69, 9.17) is 25.8 Å². The van der Waals surface area contributed by atoms with Crippen molar-refractivity contribution in [3.05, 3.63) is 71.2 Å². The van der Waals surface area contributed by atoms with E-state index in [2.05, 4.69) is 5.32 Å². The fraction of sp³-hybridized carbons (Fsp3) is 0.208. The molecule has 0 heterocycles. The number of hydrogen-bond acceptors (Lipinski definition) is 6. The van der Waals surface area contributed by atoms with Crippen molar-refractivity contribution in [1.82, 2.24) is 0 Å². The standard InChI is InChI=1S/C24H25ClN2O6S/c1-16-20(25)6-5-7-21(16)26-24(28)15-27(17-8-10-18(31-2)11-9-17)34(29,30)19-12-13-22(32-3)23(14-19)33-4/h5-14H,15H2,1-4H3,(H,26,28). The zero-order chi connectivity index (χ0) is 24.9. The second-order valence-electron chi connectivity index (χ2n) is 7.19. The molecule has 0 atom stereocenters. The van der Waals surface area contributed by atoms with Crippen LogP contribution in [-0.2, 0) is 14.8 Å². The van der Waals surface area contributed by atoms with Crippen molar-refractivity contribution in [1.29, 1.82) is 0 Å². The van der Waals surface area contributed by atoms with E-state index in [-0.39, 0.29) is 16.3 Å². The molecule has 0 radical (unpaired) electrons. The number of anilines is 2. The molecular weight excluding hydrogens is 480 g/mol. The van der Waals surface area contributed by atoms with Gasteiger partial charge in [-0.15, -0.1) is 0 Å². The van der Waals surface area contributed by atoms with Crippen LogP contribution in [0.3, 0.4) is 0 Å². The molecule has 1 N–H and O–H groups in total. The first-order valence-corrected chi connectivity index (χ1v) is 12.0. The van der Waals surface area contributed by atoms with E-state index in [9.17, 15) is 13.2 Å². The summed E-state index contributed by atoms with van der Waals surface area (Å²) in [5, 5.41) is 3.23. The molecule has 0 bridgehead atoms. The lowest BCUT2D eigenvalue weighted by Gasteiger charge is -2.25. The number of halogens is 1. The third-order valence-electron chi connectivity index (χ3n) is 5.13. The summed E-state index contributed by atoms with van der Waals surface area (Å²) in [5.41, 5.74) is 1.46. The van der Waals surface area contributed by atoms with Crippen molar-refractivity contribution in [3.63, 3.8) is 0 Å². The highest BCUT2D eigenvalue weighted by Crippen LogP contribution is 2.33. The van der Waals surface area contributed by atoms with E-state index in [0.29, 0.717) is 27.8 Å². The SMILES string of the molecule is COc1ccc(N(CC(=O)Nc2cccc(Cl)c2C)S(=O)(=O)c2ccc(OC)c(OC)c2)cc1. The van der Waals surface area contributed by atoms with E-state index in [1.54, 1.807) is 49.4 Å². The van der Waals surface area contributed by atoms with Gasteiger partial charge in [0, 0.05) is 16.8 Å². The largest absolute Gasteiger partial charge is 0.497 e. The van der Waals surface area contributed by atoms with Gasteiger partial charge in [0.25, 0.3) is 10.0 Å². The predicted octanol–water partition coefficient (Wildman–Crippen LogP) is 4.51. The smallest absolute Gasteiger partial charge is 0.264 e. The Morgan fingerprint density at radius 2 is 1.62 bits per heavy atom. The van der Waals surface area contributed by atoms with E-state index in [0.717, 1.165) is 4.31 Å². The van der Waals surface area contributed by atoms with Crippen molar-refractivity contribution < 1.29 is 27.4 Å². The molecule has 3 rings (SSSR count). The molecule has 34 heavy (non-hydrogen) atoms. The van der Waals surface area contributed by atoms with Gasteiger partial charge in [0.05, 0.1) is 31.9 Å². The highest BCUT2D eigenvalue weighted by molar-refractivity contribution is 7.92. The molecule has 0 aliphatic rings. The Hall–Kier alpha value is -3.43. The second kappa shape index (κ2) is 10.7. The zero-order valence-corrected chi connectivity index (χ0v) is 20.7. The molecule has 8 nitrogen and oxygen atoms in total. The Bertz CT molecular complexity index is 1280. The maximum atomic E-state index is 13.7. The molecule has 0 aliphatic heterocycles. The monoisotopic (exact) mass is 504 g/mol. The van der Waals surface area contributed by atoms with Crippen molar-refractivity contribution in [2.45, 2.75) is 11.8 Å². The number of amides is 1. The van der Waals surface area contributed by atoms with Crippen molar-refractivity contribution in [2.75, 3.05) is 37.5 Å². The Morgan fingerprint density at radius 1 is 0.941 bits per heavy atom. The molecule has 0 saturated heterocycles. The van der Waals surface area contributed by atoms with Gasteiger partial charge in [-0.1, -0.05) is 17.7 Å². The number of methoxy groups -OCH3 is 3. The van der Waals surface area contributed by atoms with Crippen molar-refractivity contribution in [3.8, 4) is 17.2 Å². The normalized spacial score (nSPS) is 11.0. The minimum Gasteiger partial charge on any atom is -0.497 e. The van der Waals surface area contributed by atoms with Crippen LogP contribution < -0.4 is 23.8 Å². The van der Waals surface area contributed by atoms with Crippen LogP contribution in [0.25, 0.3) is 0 Å². The van der Waals surface area contributed by atoms with Crippen LogP contribution in [0.5, 0.6) is 17.2 Å². The number of carbonyl (C=O) groups is 1. The molecule has 180 valence electrons. The lowest BCUT2D eigenvalue weighted by molar-refractivity contribution is -0.114. The number of hydrogen-bond donors (Lipinski definition) is 1. The molecular formula is C24H25ClN2O6S. The maximum Gasteiger partial charge on any atom is 0.264 e. The van der Waals surface area contributed by atoms with Gasteiger partial charge in [0.15, 0.2) is 11.5 Å². The van der Waals surface area contributed by atoms with Crippen molar-refractivity contribution >= 4 is 38.9 Å². The zero-order valence-electron chi connectivity index (χ0n) is 19.2. The first-order chi connectivity index (χ1) is 16.2. The molecule has 0 spiro atoms.